The van der Waals surface area contributed by atoms with Crippen LogP contribution in [0, 0.1) is 0 Å². The zero-order chi connectivity index (χ0) is 33.8. The zero-order valence-corrected chi connectivity index (χ0v) is 33.3. The molecule has 2 aliphatic heterocycles. The fourth-order valence-corrected chi connectivity index (χ4v) is 5.24. The number of ether oxygens (including phenoxy) is 3. The second-order valence-electron chi connectivity index (χ2n) is 10.2. The largest absolute Gasteiger partial charge is 1.00 e. The number of aliphatic hydroxyl groups is 1. The molecule has 0 radical (unpaired) electrons. The minimum atomic E-state index is 0. The summed E-state index contributed by atoms with van der Waals surface area (Å²) >= 11 is 26.6. The van der Waals surface area contributed by atoms with Crippen LogP contribution in [0.1, 0.15) is 25.9 Å². The Morgan fingerprint density at radius 1 is 0.771 bits per heavy atom. The van der Waals surface area contributed by atoms with Gasteiger partial charge in [-0.1, -0.05) is 93.3 Å². The fraction of sp³-hybridized carbons (Fsp3) is 0.400. The predicted octanol–water partition coefficient (Wildman–Crippen LogP) is 3.06. The first-order chi connectivity index (χ1) is 22.7. The van der Waals surface area contributed by atoms with Crippen LogP contribution in [0.2, 0.25) is 20.1 Å². The van der Waals surface area contributed by atoms with E-state index >= 15 is 0 Å². The molecule has 0 spiro atoms. The number of nitrogen functional groups attached to an aromatic ring is 2. The standard InChI is InChI=1S/C15H16Cl2N4O2.C12H12Cl2N4O.C3H5IO.Na.H/c16-11-4-1-3-10(13(11)17)14-15(18)19-12(20-21-14)5-2-6-23-9-7-22-8-9;13-8-4-1-3-7(10(8)14)11-12(15)16-9(17-18-11)5-2-6-19;4-3-1-5-2-3;;/h1,3-4,9H,2,5-8H2,(H2,18,19,20);1,3-4,19H,2,5-6H2,(H2,15,16,17);3H,1-2H2;;/q;;;+1;-1. The van der Waals surface area contributed by atoms with Crippen molar-refractivity contribution in [3.8, 4) is 22.5 Å². The van der Waals surface area contributed by atoms with Crippen molar-refractivity contribution in [2.45, 2.75) is 35.7 Å². The molecule has 6 rings (SSSR count). The molecule has 12 nitrogen and oxygen atoms in total. The van der Waals surface area contributed by atoms with Crippen molar-refractivity contribution in [2.75, 3.05) is 51.1 Å². The number of halogens is 5. The van der Waals surface area contributed by atoms with Crippen molar-refractivity contribution in [2.24, 2.45) is 0 Å². The van der Waals surface area contributed by atoms with Crippen molar-refractivity contribution in [1.29, 1.82) is 0 Å². The Kier molecular flexibility index (Phi) is 18.2. The molecule has 0 saturated carbocycles. The van der Waals surface area contributed by atoms with Gasteiger partial charge in [0.05, 0.1) is 50.4 Å². The molecule has 2 aromatic heterocycles. The molecule has 4 heterocycles. The molecule has 2 aliphatic rings. The molecule has 5 N–H and O–H groups in total. The van der Waals surface area contributed by atoms with Gasteiger partial charge in [-0.3, -0.25) is 0 Å². The van der Waals surface area contributed by atoms with Crippen LogP contribution >= 0.6 is 69.0 Å². The number of hydrogen-bond acceptors (Lipinski definition) is 12. The van der Waals surface area contributed by atoms with Crippen LogP contribution in [0.4, 0.5) is 11.6 Å². The molecule has 0 aliphatic carbocycles. The van der Waals surface area contributed by atoms with Gasteiger partial charge in [-0.15, -0.1) is 20.4 Å². The van der Waals surface area contributed by atoms with E-state index in [0.29, 0.717) is 93.3 Å². The molecule has 4 aromatic rings. The van der Waals surface area contributed by atoms with E-state index in [9.17, 15) is 0 Å². The molecular formula is C30H34Cl4IN8NaO4. The SMILES string of the molecule is IC1COC1.Nc1nc(CCCO)nnc1-c1cccc(Cl)c1Cl.Nc1nc(CCCOC2COC2)nnc1-c1cccc(Cl)c1Cl.[H-].[Na+]. The van der Waals surface area contributed by atoms with Gasteiger partial charge in [0.2, 0.25) is 0 Å². The van der Waals surface area contributed by atoms with E-state index in [1.165, 1.54) is 0 Å². The van der Waals surface area contributed by atoms with Gasteiger partial charge in [-0.2, -0.15) is 0 Å². The second-order valence-corrected chi connectivity index (χ2v) is 13.6. The third-order valence-electron chi connectivity index (χ3n) is 6.59. The van der Waals surface area contributed by atoms with Crippen LogP contribution in [0.5, 0.6) is 0 Å². The normalized spacial score (nSPS) is 14.0. The molecule has 18 heteroatoms. The van der Waals surface area contributed by atoms with Crippen molar-refractivity contribution < 1.29 is 50.3 Å². The van der Waals surface area contributed by atoms with Gasteiger partial charge >= 0.3 is 29.6 Å². The Hall–Kier alpha value is -1.21. The summed E-state index contributed by atoms with van der Waals surface area (Å²) < 4.78 is 16.3. The Morgan fingerprint density at radius 3 is 1.60 bits per heavy atom. The van der Waals surface area contributed by atoms with Crippen molar-refractivity contribution in [3.05, 3.63) is 68.1 Å². The smallest absolute Gasteiger partial charge is 1.00 e. The van der Waals surface area contributed by atoms with Crippen LogP contribution in [-0.2, 0) is 27.1 Å². The molecule has 2 saturated heterocycles. The van der Waals surface area contributed by atoms with Crippen LogP contribution < -0.4 is 41.0 Å². The monoisotopic (exact) mass is 860 g/mol. The number of nitrogens with two attached hydrogens (primary N) is 2. The Labute approximate surface area is 335 Å². The van der Waals surface area contributed by atoms with Gasteiger partial charge in [0.15, 0.2) is 23.3 Å². The first kappa shape index (κ1) is 41.2. The maximum absolute atomic E-state index is 8.76. The number of aliphatic hydroxyl groups excluding tert-OH is 1. The first-order valence-electron chi connectivity index (χ1n) is 14.6. The molecular weight excluding hydrogens is 828 g/mol. The van der Waals surface area contributed by atoms with Gasteiger partial charge in [0, 0.05) is 37.2 Å². The van der Waals surface area contributed by atoms with Crippen LogP contribution in [0.25, 0.3) is 22.5 Å². The van der Waals surface area contributed by atoms with Crippen LogP contribution in [-0.4, -0.2) is 85.1 Å². The van der Waals surface area contributed by atoms with Gasteiger partial charge in [-0.05, 0) is 25.0 Å². The van der Waals surface area contributed by atoms with Crippen molar-refractivity contribution >= 4 is 80.6 Å². The van der Waals surface area contributed by atoms with Gasteiger partial charge in [0.25, 0.3) is 0 Å². The summed E-state index contributed by atoms with van der Waals surface area (Å²) in [5.74, 6) is 1.60. The summed E-state index contributed by atoms with van der Waals surface area (Å²) in [4.78, 5) is 8.44. The Balaban J connectivity index is 0.000000290. The van der Waals surface area contributed by atoms with Crippen molar-refractivity contribution in [3.63, 3.8) is 0 Å². The number of hydrogen-bond donors (Lipinski definition) is 3. The molecule has 48 heavy (non-hydrogen) atoms. The Bertz CT molecular complexity index is 1630. The van der Waals surface area contributed by atoms with E-state index in [-0.39, 0.29) is 55.3 Å². The van der Waals surface area contributed by atoms with E-state index in [4.69, 9.17) is 77.2 Å². The molecule has 0 amide bonds. The van der Waals surface area contributed by atoms with E-state index in [2.05, 4.69) is 53.0 Å². The van der Waals surface area contributed by atoms with E-state index in [1.54, 1.807) is 36.4 Å². The van der Waals surface area contributed by atoms with E-state index in [1.807, 2.05) is 0 Å². The third-order valence-corrected chi connectivity index (χ3v) is 8.95. The summed E-state index contributed by atoms with van der Waals surface area (Å²) in [7, 11) is 0. The van der Waals surface area contributed by atoms with E-state index in [0.717, 1.165) is 23.6 Å². The molecule has 254 valence electrons. The molecule has 2 aromatic carbocycles. The third kappa shape index (κ3) is 12.2. The first-order valence-corrected chi connectivity index (χ1v) is 17.3. The number of nitrogens with zero attached hydrogens (tertiary/aromatic N) is 6. The minimum absolute atomic E-state index is 0. The maximum atomic E-state index is 8.76. The van der Waals surface area contributed by atoms with Gasteiger partial charge in [-0.25, -0.2) is 9.97 Å². The summed E-state index contributed by atoms with van der Waals surface area (Å²) in [6.07, 6.45) is 2.77. The topological polar surface area (TPSA) is 177 Å². The summed E-state index contributed by atoms with van der Waals surface area (Å²) in [6, 6.07) is 10.4. The molecule has 0 atom stereocenters. The molecule has 0 bridgehead atoms. The number of aromatic nitrogens is 6. The minimum Gasteiger partial charge on any atom is -1.00 e. The maximum Gasteiger partial charge on any atom is 1.00 e. The molecule has 2 fully saturated rings. The predicted molar refractivity (Wildman–Crippen MR) is 193 cm³/mol. The fourth-order valence-electron chi connectivity index (χ4n) is 3.95. The van der Waals surface area contributed by atoms with Gasteiger partial charge < -0.3 is 32.2 Å². The van der Waals surface area contributed by atoms with Gasteiger partial charge in [0.1, 0.15) is 17.5 Å². The summed E-state index contributed by atoms with van der Waals surface area (Å²) in [5.41, 5.74) is 13.9. The number of alkyl halides is 1. The quantitative estimate of drug-likeness (QED) is 0.0922. The van der Waals surface area contributed by atoms with Crippen LogP contribution in [0.15, 0.2) is 36.4 Å². The van der Waals surface area contributed by atoms with E-state index < -0.39 is 0 Å². The number of rotatable bonds is 10. The number of benzene rings is 2. The summed E-state index contributed by atoms with van der Waals surface area (Å²) in [5, 5.41) is 26.7. The number of anilines is 2. The average molecular weight is 862 g/mol. The zero-order valence-electron chi connectivity index (χ0n) is 27.1. The summed E-state index contributed by atoms with van der Waals surface area (Å²) in [6.45, 7) is 4.02. The van der Waals surface area contributed by atoms with Crippen LogP contribution in [0.3, 0.4) is 0 Å². The average Bonchev–Trinajstić information content (AvgIpc) is 3.02. The number of aryl methyl sites for hydroxylation is 2. The Morgan fingerprint density at radius 2 is 1.23 bits per heavy atom. The second kappa shape index (κ2) is 21.2. The van der Waals surface area contributed by atoms with Crippen molar-refractivity contribution in [1.82, 2.24) is 30.4 Å². The molecule has 0 unspecified atom stereocenters.